The average Bonchev–Trinajstić information content (AvgIpc) is 2.87. The van der Waals surface area contributed by atoms with E-state index < -0.39 is 0 Å². The third-order valence-electron chi connectivity index (χ3n) is 3.39. The van der Waals surface area contributed by atoms with Gasteiger partial charge in [-0.05, 0) is 44.5 Å². The van der Waals surface area contributed by atoms with Gasteiger partial charge in [-0.25, -0.2) is 4.79 Å². The van der Waals surface area contributed by atoms with Gasteiger partial charge in [0.25, 0.3) is 0 Å². The summed E-state index contributed by atoms with van der Waals surface area (Å²) in [6.45, 7) is 4.39. The van der Waals surface area contributed by atoms with Crippen molar-refractivity contribution in [3.63, 3.8) is 0 Å². The van der Waals surface area contributed by atoms with Crippen LogP contribution in [0, 0.1) is 0 Å². The number of benzene rings is 1. The maximum Gasteiger partial charge on any atom is 0.321 e. The number of amides is 2. The van der Waals surface area contributed by atoms with Gasteiger partial charge in [-0.15, -0.1) is 0 Å². The smallest absolute Gasteiger partial charge is 0.321 e. The molecule has 0 aromatic heterocycles. The molecule has 1 aliphatic heterocycles. The number of carbonyl (C=O) groups is 1. The lowest BCUT2D eigenvalue weighted by Crippen LogP contribution is -2.43. The van der Waals surface area contributed by atoms with Crippen LogP contribution in [0.25, 0.3) is 0 Å². The Hall–Kier alpha value is -0.970. The number of hydrogen-bond donors (Lipinski definition) is 2. The number of nitrogens with one attached hydrogen (secondary N) is 2. The van der Waals surface area contributed by atoms with Crippen LogP contribution in [0.5, 0.6) is 0 Å². The first-order chi connectivity index (χ1) is 9.58. The molecule has 1 aliphatic rings. The topological polar surface area (TPSA) is 44.4 Å². The predicted octanol–water partition coefficient (Wildman–Crippen LogP) is 3.60. The molecule has 0 saturated carbocycles. The molecule has 6 heteroatoms. The monoisotopic (exact) mass is 315 g/mol. The normalized spacial score (nSPS) is 18.1. The van der Waals surface area contributed by atoms with Crippen LogP contribution < -0.4 is 10.6 Å². The summed E-state index contributed by atoms with van der Waals surface area (Å²) in [7, 11) is 0. The second-order valence-electron chi connectivity index (χ2n) is 4.92. The van der Waals surface area contributed by atoms with E-state index in [2.05, 4.69) is 10.6 Å². The van der Waals surface area contributed by atoms with E-state index in [-0.39, 0.29) is 6.03 Å². The van der Waals surface area contributed by atoms with Gasteiger partial charge in [0.05, 0.1) is 0 Å². The van der Waals surface area contributed by atoms with Crippen molar-refractivity contribution in [1.82, 2.24) is 10.2 Å². The number of urea groups is 1. The molecule has 1 atom stereocenters. The van der Waals surface area contributed by atoms with Crippen LogP contribution in [0.2, 0.25) is 10.0 Å². The minimum Gasteiger partial charge on any atom is -0.323 e. The van der Waals surface area contributed by atoms with Crippen molar-refractivity contribution in [2.45, 2.75) is 25.8 Å². The fraction of sp³-hybridized carbons (Fsp3) is 0.500. The van der Waals surface area contributed by atoms with Crippen LogP contribution in [0.3, 0.4) is 0 Å². The van der Waals surface area contributed by atoms with E-state index in [1.807, 2.05) is 6.92 Å². The Morgan fingerprint density at radius 1 is 1.40 bits per heavy atom. The Balaban J connectivity index is 1.97. The molecule has 2 rings (SSSR count). The lowest BCUT2D eigenvalue weighted by atomic mass is 10.2. The van der Waals surface area contributed by atoms with E-state index in [1.54, 1.807) is 23.1 Å². The molecule has 20 heavy (non-hydrogen) atoms. The fourth-order valence-corrected chi connectivity index (χ4v) is 2.89. The minimum atomic E-state index is -0.125. The molecule has 0 spiro atoms. The highest BCUT2D eigenvalue weighted by atomic mass is 35.5. The zero-order valence-corrected chi connectivity index (χ0v) is 13.0. The molecule has 1 aromatic carbocycles. The summed E-state index contributed by atoms with van der Waals surface area (Å²) in [5, 5.41) is 7.25. The van der Waals surface area contributed by atoms with Gasteiger partial charge in [-0.2, -0.15) is 0 Å². The fourth-order valence-electron chi connectivity index (χ4n) is 2.36. The maximum atomic E-state index is 12.3. The number of halogens is 2. The van der Waals surface area contributed by atoms with Crippen molar-refractivity contribution in [3.8, 4) is 0 Å². The largest absolute Gasteiger partial charge is 0.323 e. The van der Waals surface area contributed by atoms with Crippen molar-refractivity contribution < 1.29 is 4.79 Å². The van der Waals surface area contributed by atoms with Gasteiger partial charge in [-0.3, -0.25) is 0 Å². The zero-order valence-electron chi connectivity index (χ0n) is 11.5. The first-order valence-corrected chi connectivity index (χ1v) is 7.59. The highest BCUT2D eigenvalue weighted by Crippen LogP contribution is 2.22. The Morgan fingerprint density at radius 3 is 2.65 bits per heavy atom. The van der Waals surface area contributed by atoms with Crippen molar-refractivity contribution >= 4 is 34.9 Å². The molecule has 4 nitrogen and oxygen atoms in total. The second-order valence-corrected chi connectivity index (χ2v) is 5.79. The molecule has 1 unspecified atom stereocenters. The minimum absolute atomic E-state index is 0.125. The van der Waals surface area contributed by atoms with Crippen molar-refractivity contribution in [2.75, 3.05) is 25.0 Å². The van der Waals surface area contributed by atoms with Crippen LogP contribution in [0.15, 0.2) is 18.2 Å². The van der Waals surface area contributed by atoms with E-state index in [4.69, 9.17) is 23.2 Å². The van der Waals surface area contributed by atoms with Crippen LogP contribution in [-0.4, -0.2) is 36.6 Å². The van der Waals surface area contributed by atoms with Crippen molar-refractivity contribution in [3.05, 3.63) is 28.2 Å². The van der Waals surface area contributed by atoms with E-state index in [0.29, 0.717) is 28.3 Å². The standard InChI is InChI=1S/C14H19Cl2N3O/c1-2-19(9-12-4-3-5-17-12)14(20)18-13-7-10(15)6-11(16)8-13/h6-8,12,17H,2-5,9H2,1H3,(H,18,20). The number of anilines is 1. The molecule has 0 radical (unpaired) electrons. The van der Waals surface area contributed by atoms with Crippen LogP contribution >= 0.6 is 23.2 Å². The van der Waals surface area contributed by atoms with Crippen molar-refractivity contribution in [2.24, 2.45) is 0 Å². The third-order valence-corrected chi connectivity index (χ3v) is 3.82. The third kappa shape index (κ3) is 4.27. The summed E-state index contributed by atoms with van der Waals surface area (Å²) in [5.41, 5.74) is 0.616. The number of likely N-dealkylation sites (N-methyl/N-ethyl adjacent to an activating group) is 1. The first-order valence-electron chi connectivity index (χ1n) is 6.84. The quantitative estimate of drug-likeness (QED) is 0.891. The summed E-state index contributed by atoms with van der Waals surface area (Å²) < 4.78 is 0. The molecular weight excluding hydrogens is 297 g/mol. The summed E-state index contributed by atoms with van der Waals surface area (Å²) in [4.78, 5) is 14.0. The Kier molecular flexibility index (Phi) is 5.52. The van der Waals surface area contributed by atoms with Crippen LogP contribution in [0.1, 0.15) is 19.8 Å². The first kappa shape index (κ1) is 15.4. The maximum absolute atomic E-state index is 12.3. The highest BCUT2D eigenvalue weighted by molar-refractivity contribution is 6.35. The number of rotatable bonds is 4. The number of carbonyl (C=O) groups excluding carboxylic acids is 1. The molecular formula is C14H19Cl2N3O. The Bertz CT molecular complexity index is 455. The van der Waals surface area contributed by atoms with Gasteiger partial charge in [0.15, 0.2) is 0 Å². The summed E-state index contributed by atoms with van der Waals surface area (Å²) in [5.74, 6) is 0. The van der Waals surface area contributed by atoms with E-state index >= 15 is 0 Å². The molecule has 1 saturated heterocycles. The number of hydrogen-bond acceptors (Lipinski definition) is 2. The molecule has 1 aromatic rings. The van der Waals surface area contributed by atoms with Crippen molar-refractivity contribution in [1.29, 1.82) is 0 Å². The van der Waals surface area contributed by atoms with Gasteiger partial charge >= 0.3 is 6.03 Å². The number of nitrogens with zero attached hydrogens (tertiary/aromatic N) is 1. The molecule has 0 aliphatic carbocycles. The van der Waals surface area contributed by atoms with Gasteiger partial charge < -0.3 is 15.5 Å². The van der Waals surface area contributed by atoms with E-state index in [1.165, 1.54) is 6.42 Å². The molecule has 2 N–H and O–H groups in total. The van der Waals surface area contributed by atoms with Crippen LogP contribution in [0.4, 0.5) is 10.5 Å². The van der Waals surface area contributed by atoms with Gasteiger partial charge in [0.1, 0.15) is 0 Å². The molecule has 2 amide bonds. The molecule has 0 bridgehead atoms. The zero-order chi connectivity index (χ0) is 14.5. The molecule has 1 fully saturated rings. The van der Waals surface area contributed by atoms with E-state index in [0.717, 1.165) is 19.5 Å². The predicted molar refractivity (Wildman–Crippen MR) is 83.8 cm³/mol. The SMILES string of the molecule is CCN(CC1CCCN1)C(=O)Nc1cc(Cl)cc(Cl)c1. The van der Waals surface area contributed by atoms with Crippen LogP contribution in [-0.2, 0) is 0 Å². The second kappa shape index (κ2) is 7.16. The van der Waals surface area contributed by atoms with Gasteiger partial charge in [0.2, 0.25) is 0 Å². The lowest BCUT2D eigenvalue weighted by Gasteiger charge is -2.24. The van der Waals surface area contributed by atoms with Gasteiger partial charge in [-0.1, -0.05) is 23.2 Å². The van der Waals surface area contributed by atoms with E-state index in [9.17, 15) is 4.79 Å². The lowest BCUT2D eigenvalue weighted by molar-refractivity contribution is 0.209. The average molecular weight is 316 g/mol. The molecule has 110 valence electrons. The Morgan fingerprint density at radius 2 is 2.10 bits per heavy atom. The molecule has 1 heterocycles. The summed E-state index contributed by atoms with van der Waals surface area (Å²) in [6.07, 6.45) is 2.29. The highest BCUT2D eigenvalue weighted by Gasteiger charge is 2.20. The summed E-state index contributed by atoms with van der Waals surface area (Å²) >= 11 is 11.9. The van der Waals surface area contributed by atoms with Gasteiger partial charge in [0, 0.05) is 34.9 Å². The Labute approximate surface area is 129 Å². The summed E-state index contributed by atoms with van der Waals surface area (Å²) in [6, 6.07) is 5.28.